The standard InChI is InChI=1S/C32H42F4N4O4/c1-3-24-22(17-44-40-24)31(42)38-27(26(19-10-6-4-7-11-19)20-12-8-5-9-13-20)32(43)37-25-15-14-21(16-23(25)33)18(2)30(41)39-29(36)28(34)35/h14-20,26-29H,3-13H2,1-2H3,(H,37,43)(H,38,42)(H,39,41). The van der Waals surface area contributed by atoms with E-state index in [9.17, 15) is 27.6 Å². The van der Waals surface area contributed by atoms with E-state index in [1.165, 1.54) is 25.3 Å². The van der Waals surface area contributed by atoms with Crippen LogP contribution in [0, 0.1) is 23.6 Å². The Balaban J connectivity index is 1.60. The first-order chi connectivity index (χ1) is 21.1. The van der Waals surface area contributed by atoms with Crippen LogP contribution in [-0.4, -0.2) is 41.6 Å². The molecule has 3 atom stereocenters. The normalized spacial score (nSPS) is 18.5. The Morgan fingerprint density at radius 3 is 2.09 bits per heavy atom. The molecule has 8 nitrogen and oxygen atoms in total. The van der Waals surface area contributed by atoms with E-state index in [1.807, 2.05) is 6.92 Å². The maximum Gasteiger partial charge on any atom is 0.287 e. The number of benzene rings is 1. The van der Waals surface area contributed by atoms with Gasteiger partial charge in [-0.1, -0.05) is 82.4 Å². The van der Waals surface area contributed by atoms with Crippen LogP contribution in [0.5, 0.6) is 0 Å². The third-order valence-corrected chi connectivity index (χ3v) is 9.21. The Hall–Kier alpha value is -3.44. The van der Waals surface area contributed by atoms with Crippen molar-refractivity contribution in [2.45, 2.75) is 109 Å². The highest BCUT2D eigenvalue weighted by atomic mass is 19.3. The van der Waals surface area contributed by atoms with Gasteiger partial charge in [0.15, 0.2) is 0 Å². The number of alkyl halides is 3. The van der Waals surface area contributed by atoms with Crippen molar-refractivity contribution in [2.24, 2.45) is 17.8 Å². The summed E-state index contributed by atoms with van der Waals surface area (Å²) < 4.78 is 58.8. The lowest BCUT2D eigenvalue weighted by molar-refractivity contribution is -0.126. The summed E-state index contributed by atoms with van der Waals surface area (Å²) in [6, 6.07) is 2.70. The molecule has 3 unspecified atom stereocenters. The van der Waals surface area contributed by atoms with Crippen LogP contribution in [0.3, 0.4) is 0 Å². The molecule has 2 aromatic rings. The fourth-order valence-corrected chi connectivity index (χ4v) is 6.81. The number of aromatic nitrogens is 1. The molecule has 3 N–H and O–H groups in total. The highest BCUT2D eigenvalue weighted by molar-refractivity contribution is 6.01. The van der Waals surface area contributed by atoms with E-state index < -0.39 is 48.2 Å². The number of anilines is 1. The number of hydrogen-bond donors (Lipinski definition) is 3. The molecule has 4 rings (SSSR count). The lowest BCUT2D eigenvalue weighted by atomic mass is 9.66. The molecular formula is C32H42F4N4O4. The van der Waals surface area contributed by atoms with Crippen molar-refractivity contribution in [3.63, 3.8) is 0 Å². The summed E-state index contributed by atoms with van der Waals surface area (Å²) in [5.41, 5.74) is 0.681. The molecule has 2 fully saturated rings. The highest BCUT2D eigenvalue weighted by Crippen LogP contribution is 2.42. The Bertz CT molecular complexity index is 1260. The molecular weight excluding hydrogens is 580 g/mol. The number of halogens is 4. The number of carbonyl (C=O) groups excluding carboxylic acids is 3. The van der Waals surface area contributed by atoms with E-state index >= 15 is 4.39 Å². The van der Waals surface area contributed by atoms with Crippen LogP contribution < -0.4 is 16.0 Å². The molecule has 2 aliphatic rings. The van der Waals surface area contributed by atoms with E-state index in [0.717, 1.165) is 70.3 Å². The second-order valence-electron chi connectivity index (χ2n) is 12.0. The molecule has 12 heteroatoms. The summed E-state index contributed by atoms with van der Waals surface area (Å²) in [7, 11) is 0. The summed E-state index contributed by atoms with van der Waals surface area (Å²) in [5.74, 6) is -3.76. The molecule has 3 amide bonds. The molecule has 1 aromatic carbocycles. The Labute approximate surface area is 255 Å². The number of nitrogens with zero attached hydrogens (tertiary/aromatic N) is 1. The third-order valence-electron chi connectivity index (χ3n) is 9.21. The van der Waals surface area contributed by atoms with Gasteiger partial charge in [-0.25, -0.2) is 17.6 Å². The van der Waals surface area contributed by atoms with Gasteiger partial charge >= 0.3 is 0 Å². The first-order valence-electron chi connectivity index (χ1n) is 15.7. The van der Waals surface area contributed by atoms with Crippen molar-refractivity contribution in [3.05, 3.63) is 47.1 Å². The third kappa shape index (κ3) is 8.18. The van der Waals surface area contributed by atoms with Gasteiger partial charge in [-0.2, -0.15) is 0 Å². The molecule has 1 aromatic heterocycles. The van der Waals surface area contributed by atoms with Crippen molar-refractivity contribution in [3.8, 4) is 0 Å². The van der Waals surface area contributed by atoms with Crippen LogP contribution in [0.1, 0.15) is 106 Å². The fourth-order valence-electron chi connectivity index (χ4n) is 6.81. The molecule has 1 heterocycles. The van der Waals surface area contributed by atoms with E-state index in [2.05, 4.69) is 15.8 Å². The van der Waals surface area contributed by atoms with Gasteiger partial charge in [0, 0.05) is 0 Å². The first-order valence-corrected chi connectivity index (χ1v) is 15.7. The summed E-state index contributed by atoms with van der Waals surface area (Å²) >= 11 is 0. The number of nitrogens with one attached hydrogen (secondary N) is 3. The Kier molecular flexibility index (Phi) is 11.8. The van der Waals surface area contributed by atoms with Gasteiger partial charge in [-0.15, -0.1) is 0 Å². The molecule has 0 bridgehead atoms. The molecule has 0 radical (unpaired) electrons. The number of amides is 3. The van der Waals surface area contributed by atoms with Gasteiger partial charge in [0.1, 0.15) is 23.7 Å². The predicted molar refractivity (Wildman–Crippen MR) is 156 cm³/mol. The SMILES string of the molecule is CCc1nocc1C(=O)NC(C(=O)Nc1ccc(C(C)C(=O)NC(F)C(F)F)cc1F)C(C1CCCCC1)C1CCCCC1. The zero-order valence-corrected chi connectivity index (χ0v) is 25.2. The minimum absolute atomic E-state index is 0.117. The fraction of sp³-hybridized carbons (Fsp3) is 0.625. The van der Waals surface area contributed by atoms with Crippen LogP contribution >= 0.6 is 0 Å². The van der Waals surface area contributed by atoms with E-state index in [-0.39, 0.29) is 34.6 Å². The smallest absolute Gasteiger partial charge is 0.287 e. The molecule has 242 valence electrons. The number of carbonyl (C=O) groups is 3. The van der Waals surface area contributed by atoms with E-state index in [1.54, 1.807) is 5.32 Å². The largest absolute Gasteiger partial charge is 0.364 e. The number of rotatable bonds is 12. The van der Waals surface area contributed by atoms with Crippen molar-refractivity contribution in [1.82, 2.24) is 15.8 Å². The van der Waals surface area contributed by atoms with Gasteiger partial charge in [0.05, 0.1) is 17.3 Å². The van der Waals surface area contributed by atoms with Gasteiger partial charge in [0.2, 0.25) is 18.1 Å². The van der Waals surface area contributed by atoms with Crippen molar-refractivity contribution in [1.29, 1.82) is 0 Å². The van der Waals surface area contributed by atoms with E-state index in [4.69, 9.17) is 4.52 Å². The molecule has 2 aliphatic carbocycles. The van der Waals surface area contributed by atoms with Gasteiger partial charge < -0.3 is 20.5 Å². The van der Waals surface area contributed by atoms with Crippen molar-refractivity contribution >= 4 is 23.4 Å². The average Bonchev–Trinajstić information content (AvgIpc) is 3.51. The van der Waals surface area contributed by atoms with Crippen LogP contribution in [-0.2, 0) is 16.0 Å². The topological polar surface area (TPSA) is 113 Å². The zero-order chi connectivity index (χ0) is 31.8. The monoisotopic (exact) mass is 622 g/mol. The maximum absolute atomic E-state index is 15.3. The summed E-state index contributed by atoms with van der Waals surface area (Å²) in [5, 5.41) is 11.1. The molecule has 0 spiro atoms. The van der Waals surface area contributed by atoms with Gasteiger partial charge in [-0.3, -0.25) is 14.4 Å². The average molecular weight is 623 g/mol. The van der Waals surface area contributed by atoms with Crippen molar-refractivity contribution in [2.75, 3.05) is 5.32 Å². The quantitative estimate of drug-likeness (QED) is 0.181. The van der Waals surface area contributed by atoms with Crippen molar-refractivity contribution < 1.29 is 36.5 Å². The van der Waals surface area contributed by atoms with Crippen LogP contribution in [0.2, 0.25) is 0 Å². The second-order valence-corrected chi connectivity index (χ2v) is 12.0. The van der Waals surface area contributed by atoms with E-state index in [0.29, 0.717) is 12.1 Å². The number of hydrogen-bond acceptors (Lipinski definition) is 5. The minimum Gasteiger partial charge on any atom is -0.364 e. The minimum atomic E-state index is -3.39. The molecule has 0 aliphatic heterocycles. The first kappa shape index (κ1) is 33.5. The maximum atomic E-state index is 15.3. The highest BCUT2D eigenvalue weighted by Gasteiger charge is 2.41. The predicted octanol–water partition coefficient (Wildman–Crippen LogP) is 6.67. The summed E-state index contributed by atoms with van der Waals surface area (Å²) in [6.45, 7) is 3.18. The Morgan fingerprint density at radius 2 is 1.55 bits per heavy atom. The lowest BCUT2D eigenvalue weighted by Crippen LogP contribution is -2.53. The second kappa shape index (κ2) is 15.5. The lowest BCUT2D eigenvalue weighted by Gasteiger charge is -2.42. The van der Waals surface area contributed by atoms with Gasteiger partial charge in [0.25, 0.3) is 12.3 Å². The Morgan fingerprint density at radius 1 is 0.932 bits per heavy atom. The molecule has 0 saturated heterocycles. The molecule has 2 saturated carbocycles. The molecule has 44 heavy (non-hydrogen) atoms. The van der Waals surface area contributed by atoms with Crippen LogP contribution in [0.25, 0.3) is 0 Å². The summed E-state index contributed by atoms with van der Waals surface area (Å²) in [4.78, 5) is 39.8. The number of aryl methyl sites for hydroxylation is 1. The van der Waals surface area contributed by atoms with Gasteiger partial charge in [-0.05, 0) is 48.8 Å². The zero-order valence-electron chi connectivity index (χ0n) is 25.2. The van der Waals surface area contributed by atoms with Crippen LogP contribution in [0.15, 0.2) is 29.0 Å². The van der Waals surface area contributed by atoms with Crippen LogP contribution in [0.4, 0.5) is 23.2 Å². The summed E-state index contributed by atoms with van der Waals surface area (Å²) in [6.07, 6.45) is 5.72.